The fourth-order valence-electron chi connectivity index (χ4n) is 4.34. The van der Waals surface area contributed by atoms with Crippen LogP contribution in [-0.2, 0) is 23.9 Å². The Bertz CT molecular complexity index is 996. The van der Waals surface area contributed by atoms with Crippen LogP contribution < -0.4 is 0 Å². The average molecular weight is 461 g/mol. The molecular weight excluding hydrogens is 432 g/mol. The van der Waals surface area contributed by atoms with E-state index in [1.54, 1.807) is 12.2 Å². The summed E-state index contributed by atoms with van der Waals surface area (Å²) in [7, 11) is 0. The number of fused-ring (bicyclic) bond motifs is 3. The van der Waals surface area contributed by atoms with E-state index in [0.29, 0.717) is 22.8 Å². The third kappa shape index (κ3) is 4.39. The molecule has 1 fully saturated rings. The second kappa shape index (κ2) is 9.20. The minimum Gasteiger partial charge on any atom is -0.465 e. The maximum Gasteiger partial charge on any atom is 0.318 e. The second-order valence-electron chi connectivity index (χ2n) is 8.93. The summed E-state index contributed by atoms with van der Waals surface area (Å²) in [6.45, 7) is 9.19. The molecule has 0 amide bonds. The quantitative estimate of drug-likeness (QED) is 0.346. The molecule has 0 spiro atoms. The van der Waals surface area contributed by atoms with E-state index >= 15 is 0 Å². The summed E-state index contributed by atoms with van der Waals surface area (Å²) in [4.78, 5) is 38.5. The Kier molecular flexibility index (Phi) is 6.96. The summed E-state index contributed by atoms with van der Waals surface area (Å²) in [6.07, 6.45) is 8.83. The number of hydrogen-bond acceptors (Lipinski definition) is 6. The Morgan fingerprint density at radius 2 is 2.03 bits per heavy atom. The molecular formula is C25H29ClO6. The largest absolute Gasteiger partial charge is 0.465 e. The van der Waals surface area contributed by atoms with Crippen LogP contribution in [0.1, 0.15) is 47.5 Å². The third-order valence-corrected chi connectivity index (χ3v) is 6.56. The first-order chi connectivity index (χ1) is 15.0. The van der Waals surface area contributed by atoms with Gasteiger partial charge in [-0.15, -0.1) is 0 Å². The van der Waals surface area contributed by atoms with E-state index in [-0.39, 0.29) is 11.5 Å². The van der Waals surface area contributed by atoms with Crippen LogP contribution in [0.15, 0.2) is 58.1 Å². The number of carbonyl (C=O) groups is 3. The van der Waals surface area contributed by atoms with Gasteiger partial charge >= 0.3 is 5.97 Å². The van der Waals surface area contributed by atoms with Crippen molar-refractivity contribution < 1.29 is 29.0 Å². The fraction of sp³-hybridized carbons (Fsp3) is 0.480. The zero-order chi connectivity index (χ0) is 23.8. The maximum atomic E-state index is 13.1. The highest BCUT2D eigenvalue weighted by Gasteiger charge is 2.64. The molecule has 1 N–H and O–H groups in total. The molecule has 0 radical (unpaired) electrons. The summed E-state index contributed by atoms with van der Waals surface area (Å²) in [5.41, 5.74) is 0.366. The Morgan fingerprint density at radius 1 is 1.34 bits per heavy atom. The number of halogens is 1. The van der Waals surface area contributed by atoms with Gasteiger partial charge in [-0.1, -0.05) is 49.6 Å². The topological polar surface area (TPSA) is 89.9 Å². The number of ether oxygens (including phenoxy) is 2. The molecule has 3 rings (SSSR count). The molecule has 0 saturated carbocycles. The first kappa shape index (κ1) is 24.2. The molecule has 6 nitrogen and oxygen atoms in total. The third-order valence-electron chi connectivity index (χ3n) is 6.18. The van der Waals surface area contributed by atoms with Crippen LogP contribution in [0.2, 0.25) is 0 Å². The zero-order valence-electron chi connectivity index (χ0n) is 19.0. The van der Waals surface area contributed by atoms with Crippen molar-refractivity contribution in [3.63, 3.8) is 0 Å². The van der Waals surface area contributed by atoms with Crippen molar-refractivity contribution >= 4 is 29.1 Å². The molecule has 0 bridgehead atoms. The molecule has 32 heavy (non-hydrogen) atoms. The first-order valence-electron chi connectivity index (χ1n) is 10.8. The van der Waals surface area contributed by atoms with Crippen molar-refractivity contribution in [3.8, 4) is 0 Å². The lowest BCUT2D eigenvalue weighted by molar-refractivity contribution is -0.156. The van der Waals surface area contributed by atoms with Gasteiger partial charge in [0.2, 0.25) is 5.78 Å². The number of carbonyl (C=O) groups excluding carboxylic acids is 3. The Hall–Kier alpha value is -2.44. The van der Waals surface area contributed by atoms with Crippen LogP contribution in [-0.4, -0.2) is 34.3 Å². The van der Waals surface area contributed by atoms with Crippen LogP contribution in [0.25, 0.3) is 0 Å². The van der Waals surface area contributed by atoms with Crippen molar-refractivity contribution in [1.82, 2.24) is 0 Å². The van der Waals surface area contributed by atoms with Gasteiger partial charge in [-0.25, -0.2) is 0 Å². The molecule has 1 saturated heterocycles. The van der Waals surface area contributed by atoms with Gasteiger partial charge in [0, 0.05) is 17.6 Å². The highest BCUT2D eigenvalue weighted by molar-refractivity contribution is 6.45. The number of aliphatic hydroxyl groups is 1. The molecule has 2 heterocycles. The molecule has 7 heteroatoms. The predicted octanol–water partition coefficient (Wildman–Crippen LogP) is 4.30. The van der Waals surface area contributed by atoms with Crippen molar-refractivity contribution in [3.05, 3.63) is 58.1 Å². The van der Waals surface area contributed by atoms with Gasteiger partial charge in [0.15, 0.2) is 5.60 Å². The van der Waals surface area contributed by atoms with E-state index in [2.05, 4.69) is 19.9 Å². The van der Waals surface area contributed by atoms with Gasteiger partial charge in [-0.3, -0.25) is 14.4 Å². The van der Waals surface area contributed by atoms with Crippen molar-refractivity contribution in [2.45, 2.75) is 59.2 Å². The monoisotopic (exact) mass is 460 g/mol. The number of allylic oxidation sites excluding steroid dienone is 6. The number of hydrogen-bond donors (Lipinski definition) is 1. The van der Waals surface area contributed by atoms with Crippen LogP contribution in [0.3, 0.4) is 0 Å². The van der Waals surface area contributed by atoms with Gasteiger partial charge in [0.1, 0.15) is 17.5 Å². The molecule has 172 valence electrons. The SMILES string of the molecule is CC[C@@H](C)C=C(C)C=CC1=CC2=C(Cl)C(=O)[C@@]3(C)OC(=O)[C@H](C(=O)C[C@H](C)O)[C@H]3C2=CO1. The van der Waals surface area contributed by atoms with E-state index in [0.717, 1.165) is 12.0 Å². The zero-order valence-corrected chi connectivity index (χ0v) is 19.7. The summed E-state index contributed by atoms with van der Waals surface area (Å²) >= 11 is 6.41. The lowest BCUT2D eigenvalue weighted by Gasteiger charge is -2.36. The minimum absolute atomic E-state index is 0.0625. The fourth-order valence-corrected chi connectivity index (χ4v) is 4.69. The standard InChI is InChI=1S/C25H29ClO6/c1-6-13(2)9-14(3)7-8-16-11-17-18(12-31-16)21-20(19(28)10-15(4)27)24(30)32-25(21,5)23(29)22(17)26/h7-9,11-13,15,20-21,27H,6,10H2,1-5H3/t13-,15+,20-,21-,25+/m1/s1. The molecule has 0 aromatic carbocycles. The average Bonchev–Trinajstić information content (AvgIpc) is 3.01. The van der Waals surface area contributed by atoms with Gasteiger partial charge in [-0.2, -0.15) is 0 Å². The molecule has 2 aliphatic heterocycles. The molecule has 5 atom stereocenters. The highest BCUT2D eigenvalue weighted by atomic mass is 35.5. The van der Waals surface area contributed by atoms with Crippen molar-refractivity contribution in [2.24, 2.45) is 17.8 Å². The summed E-state index contributed by atoms with van der Waals surface area (Å²) in [6, 6.07) is 0. The van der Waals surface area contributed by atoms with Crippen LogP contribution >= 0.6 is 11.6 Å². The summed E-state index contributed by atoms with van der Waals surface area (Å²) in [5, 5.41) is 9.57. The highest BCUT2D eigenvalue weighted by Crippen LogP contribution is 2.52. The van der Waals surface area contributed by atoms with Gasteiger partial charge < -0.3 is 14.6 Å². The number of rotatable bonds is 7. The summed E-state index contributed by atoms with van der Waals surface area (Å²) < 4.78 is 11.2. The molecule has 3 aliphatic rings. The van der Waals surface area contributed by atoms with Gasteiger partial charge in [0.25, 0.3) is 0 Å². The molecule has 0 aromatic heterocycles. The van der Waals surface area contributed by atoms with Crippen molar-refractivity contribution in [2.75, 3.05) is 0 Å². The smallest absolute Gasteiger partial charge is 0.318 e. The number of aliphatic hydroxyl groups excluding tert-OH is 1. The molecule has 0 unspecified atom stereocenters. The van der Waals surface area contributed by atoms with Crippen LogP contribution in [0.4, 0.5) is 0 Å². The summed E-state index contributed by atoms with van der Waals surface area (Å²) in [5.74, 6) is -2.97. The second-order valence-corrected chi connectivity index (χ2v) is 9.30. The van der Waals surface area contributed by atoms with E-state index < -0.39 is 41.1 Å². The van der Waals surface area contributed by atoms with Gasteiger partial charge in [0.05, 0.1) is 23.3 Å². The lowest BCUT2D eigenvalue weighted by Crippen LogP contribution is -2.48. The number of ketones is 2. The normalized spacial score (nSPS) is 29.7. The molecule has 1 aliphatic carbocycles. The van der Waals surface area contributed by atoms with Crippen LogP contribution in [0, 0.1) is 17.8 Å². The predicted molar refractivity (Wildman–Crippen MR) is 120 cm³/mol. The number of esters is 1. The van der Waals surface area contributed by atoms with Crippen molar-refractivity contribution in [1.29, 1.82) is 0 Å². The first-order valence-corrected chi connectivity index (χ1v) is 11.2. The van der Waals surface area contributed by atoms with Gasteiger partial charge in [-0.05, 0) is 38.8 Å². The maximum absolute atomic E-state index is 13.1. The van der Waals surface area contributed by atoms with E-state index in [4.69, 9.17) is 21.1 Å². The van der Waals surface area contributed by atoms with E-state index in [9.17, 15) is 19.5 Å². The number of Topliss-reactive ketones (excluding diaryl/α,β-unsaturated/α-hetero) is 2. The Morgan fingerprint density at radius 3 is 2.66 bits per heavy atom. The Labute approximate surface area is 193 Å². The van der Waals surface area contributed by atoms with Crippen LogP contribution in [0.5, 0.6) is 0 Å². The van der Waals surface area contributed by atoms with E-state index in [1.165, 1.54) is 20.1 Å². The molecule has 0 aromatic rings. The van der Waals surface area contributed by atoms with E-state index in [1.807, 2.05) is 13.0 Å². The minimum atomic E-state index is -1.59. The lowest BCUT2D eigenvalue weighted by atomic mass is 9.67. The Balaban J connectivity index is 1.97.